The summed E-state index contributed by atoms with van der Waals surface area (Å²) >= 11 is 0. The molecule has 2 N–H and O–H groups in total. The van der Waals surface area contributed by atoms with Gasteiger partial charge in [-0.25, -0.2) is 9.18 Å². The van der Waals surface area contributed by atoms with E-state index in [1.807, 2.05) is 0 Å². The number of carboxylic acids is 1. The predicted octanol–water partition coefficient (Wildman–Crippen LogP) is 2.15. The van der Waals surface area contributed by atoms with Crippen molar-refractivity contribution in [3.63, 3.8) is 0 Å². The summed E-state index contributed by atoms with van der Waals surface area (Å²) in [6, 6.07) is 3.75. The van der Waals surface area contributed by atoms with Gasteiger partial charge in [0.15, 0.2) is 0 Å². The number of hydrogen-bond acceptors (Lipinski definition) is 2. The third kappa shape index (κ3) is 2.99. The van der Waals surface area contributed by atoms with Crippen molar-refractivity contribution in [2.75, 3.05) is 11.4 Å². The van der Waals surface area contributed by atoms with Gasteiger partial charge in [-0.3, -0.25) is 9.69 Å². The molecule has 21 heavy (non-hydrogen) atoms. The number of anilines is 1. The first-order valence-electron chi connectivity index (χ1n) is 7.13. The van der Waals surface area contributed by atoms with Crippen LogP contribution in [0.2, 0.25) is 0 Å². The summed E-state index contributed by atoms with van der Waals surface area (Å²) < 4.78 is 13.3. The van der Waals surface area contributed by atoms with Crippen molar-refractivity contribution in [2.45, 2.75) is 31.7 Å². The Kier molecular flexibility index (Phi) is 3.53. The normalized spacial score (nSPS) is 18.2. The quantitative estimate of drug-likeness (QED) is 0.893. The van der Waals surface area contributed by atoms with E-state index in [0.717, 1.165) is 18.4 Å². The minimum atomic E-state index is -0.917. The first kappa shape index (κ1) is 13.9. The van der Waals surface area contributed by atoms with Gasteiger partial charge in [-0.15, -0.1) is 0 Å². The molecule has 1 fully saturated rings. The molecule has 0 spiro atoms. The zero-order chi connectivity index (χ0) is 15.0. The number of amides is 2. The van der Waals surface area contributed by atoms with Crippen LogP contribution in [0.5, 0.6) is 0 Å². The molecule has 1 saturated carbocycles. The third-order valence-corrected chi connectivity index (χ3v) is 4.08. The largest absolute Gasteiger partial charge is 0.481 e. The predicted molar refractivity (Wildman–Crippen MR) is 74.7 cm³/mol. The maximum absolute atomic E-state index is 13.3. The van der Waals surface area contributed by atoms with Crippen molar-refractivity contribution < 1.29 is 19.1 Å². The lowest BCUT2D eigenvalue weighted by atomic mass is 10.1. The summed E-state index contributed by atoms with van der Waals surface area (Å²) in [5, 5.41) is 11.7. The molecule has 3 rings (SSSR count). The van der Waals surface area contributed by atoms with Crippen LogP contribution in [0.3, 0.4) is 0 Å². The molecule has 1 atom stereocenters. The Morgan fingerprint density at radius 3 is 2.86 bits per heavy atom. The fraction of sp³-hybridized carbons (Fsp3) is 0.467. The zero-order valence-electron chi connectivity index (χ0n) is 11.5. The van der Waals surface area contributed by atoms with E-state index < -0.39 is 5.97 Å². The van der Waals surface area contributed by atoms with Crippen molar-refractivity contribution in [3.05, 3.63) is 29.6 Å². The van der Waals surface area contributed by atoms with Gasteiger partial charge >= 0.3 is 12.0 Å². The van der Waals surface area contributed by atoms with Crippen LogP contribution in [0.25, 0.3) is 0 Å². The molecule has 1 aromatic rings. The van der Waals surface area contributed by atoms with Gasteiger partial charge in [0, 0.05) is 12.6 Å². The van der Waals surface area contributed by atoms with Crippen molar-refractivity contribution in [1.29, 1.82) is 0 Å². The van der Waals surface area contributed by atoms with E-state index in [9.17, 15) is 14.0 Å². The molecule has 1 heterocycles. The van der Waals surface area contributed by atoms with Crippen LogP contribution in [-0.4, -0.2) is 29.7 Å². The van der Waals surface area contributed by atoms with Crippen LogP contribution < -0.4 is 10.2 Å². The zero-order valence-corrected chi connectivity index (χ0v) is 11.5. The number of carbonyl (C=O) groups is 2. The molecule has 2 aliphatic rings. The van der Waals surface area contributed by atoms with E-state index in [-0.39, 0.29) is 30.2 Å². The second-order valence-corrected chi connectivity index (χ2v) is 5.67. The number of nitrogens with one attached hydrogen (secondary N) is 1. The summed E-state index contributed by atoms with van der Waals surface area (Å²) in [5.41, 5.74) is 1.52. The van der Waals surface area contributed by atoms with Crippen molar-refractivity contribution >= 4 is 17.7 Å². The lowest BCUT2D eigenvalue weighted by Gasteiger charge is -2.23. The van der Waals surface area contributed by atoms with E-state index in [2.05, 4.69) is 5.32 Å². The Balaban J connectivity index is 1.71. The molecule has 112 valence electrons. The Bertz CT molecular complexity index is 586. The topological polar surface area (TPSA) is 69.6 Å². The van der Waals surface area contributed by atoms with Crippen LogP contribution in [-0.2, 0) is 11.2 Å². The average molecular weight is 292 g/mol. The number of benzene rings is 1. The molecule has 1 aliphatic heterocycles. The molecule has 0 radical (unpaired) electrons. The Hall–Kier alpha value is -2.11. The molecule has 0 aromatic heterocycles. The molecular formula is C15H17FN2O3. The molecule has 5 nitrogen and oxygen atoms in total. The highest BCUT2D eigenvalue weighted by molar-refractivity contribution is 5.94. The number of nitrogens with zero attached hydrogens (tertiary/aromatic N) is 1. The highest BCUT2D eigenvalue weighted by Crippen LogP contribution is 2.35. The van der Waals surface area contributed by atoms with E-state index in [0.29, 0.717) is 18.7 Å². The monoisotopic (exact) mass is 292 g/mol. The van der Waals surface area contributed by atoms with E-state index in [1.54, 1.807) is 6.07 Å². The number of urea groups is 1. The third-order valence-electron chi connectivity index (χ3n) is 4.08. The van der Waals surface area contributed by atoms with Gasteiger partial charge in [0.2, 0.25) is 0 Å². The first-order chi connectivity index (χ1) is 10.0. The van der Waals surface area contributed by atoms with E-state index in [1.165, 1.54) is 17.0 Å². The minimum Gasteiger partial charge on any atom is -0.481 e. The van der Waals surface area contributed by atoms with Gasteiger partial charge in [0.05, 0.1) is 12.1 Å². The van der Waals surface area contributed by atoms with Gasteiger partial charge in [0.1, 0.15) is 5.82 Å². The fourth-order valence-electron chi connectivity index (χ4n) is 2.82. The van der Waals surface area contributed by atoms with Crippen LogP contribution in [0, 0.1) is 11.7 Å². The summed E-state index contributed by atoms with van der Waals surface area (Å²) in [7, 11) is 0. The molecule has 1 aromatic carbocycles. The van der Waals surface area contributed by atoms with Crippen LogP contribution in [0.1, 0.15) is 24.8 Å². The molecule has 1 aliphatic carbocycles. The molecule has 6 heteroatoms. The smallest absolute Gasteiger partial charge is 0.322 e. The summed E-state index contributed by atoms with van der Waals surface area (Å²) in [5.74, 6) is -1.04. The first-order valence-corrected chi connectivity index (χ1v) is 7.13. The fourth-order valence-corrected chi connectivity index (χ4v) is 2.82. The number of fused-ring (bicyclic) bond motifs is 1. The summed E-state index contributed by atoms with van der Waals surface area (Å²) in [4.78, 5) is 24.7. The molecular weight excluding hydrogens is 275 g/mol. The highest BCUT2D eigenvalue weighted by atomic mass is 19.1. The maximum atomic E-state index is 13.3. The maximum Gasteiger partial charge on any atom is 0.322 e. The van der Waals surface area contributed by atoms with Gasteiger partial charge in [0.25, 0.3) is 0 Å². The SMILES string of the molecule is O=C(O)CC(NC(=O)N1CCc2ccc(F)cc21)C1CC1. The van der Waals surface area contributed by atoms with Crippen molar-refractivity contribution in [3.8, 4) is 0 Å². The number of halogens is 1. The molecule has 0 bridgehead atoms. The second-order valence-electron chi connectivity index (χ2n) is 5.67. The highest BCUT2D eigenvalue weighted by Gasteiger charge is 2.35. The molecule has 1 unspecified atom stereocenters. The van der Waals surface area contributed by atoms with Crippen LogP contribution >= 0.6 is 0 Å². The lowest BCUT2D eigenvalue weighted by Crippen LogP contribution is -2.46. The van der Waals surface area contributed by atoms with Gasteiger partial charge in [-0.1, -0.05) is 6.07 Å². The standard InChI is InChI=1S/C15H17FN2O3/c16-11-4-3-10-5-6-18(13(10)7-11)15(21)17-12(8-14(19)20)9-1-2-9/h3-4,7,9,12H,1-2,5-6,8H2,(H,17,21)(H,19,20). The Labute approximate surface area is 121 Å². The lowest BCUT2D eigenvalue weighted by molar-refractivity contribution is -0.137. The number of hydrogen-bond donors (Lipinski definition) is 2. The van der Waals surface area contributed by atoms with Gasteiger partial charge in [-0.2, -0.15) is 0 Å². The number of carboxylic acid groups (broad SMARTS) is 1. The van der Waals surface area contributed by atoms with Gasteiger partial charge < -0.3 is 10.4 Å². The average Bonchev–Trinajstić information content (AvgIpc) is 3.18. The number of aliphatic carboxylic acids is 1. The Morgan fingerprint density at radius 2 is 2.19 bits per heavy atom. The van der Waals surface area contributed by atoms with Crippen LogP contribution in [0.15, 0.2) is 18.2 Å². The summed E-state index contributed by atoms with van der Waals surface area (Å²) in [6.07, 6.45) is 2.52. The van der Waals surface area contributed by atoms with Crippen LogP contribution in [0.4, 0.5) is 14.9 Å². The van der Waals surface area contributed by atoms with Crippen molar-refractivity contribution in [1.82, 2.24) is 5.32 Å². The van der Waals surface area contributed by atoms with E-state index in [4.69, 9.17) is 5.11 Å². The number of rotatable bonds is 4. The minimum absolute atomic E-state index is 0.0692. The molecule has 0 saturated heterocycles. The van der Waals surface area contributed by atoms with Gasteiger partial charge in [-0.05, 0) is 42.9 Å². The van der Waals surface area contributed by atoms with E-state index >= 15 is 0 Å². The second kappa shape index (κ2) is 5.35. The molecule has 2 amide bonds. The Morgan fingerprint density at radius 1 is 1.43 bits per heavy atom. The van der Waals surface area contributed by atoms with Crippen molar-refractivity contribution in [2.24, 2.45) is 5.92 Å². The number of carbonyl (C=O) groups excluding carboxylic acids is 1. The summed E-state index contributed by atoms with van der Waals surface area (Å²) in [6.45, 7) is 0.495.